The highest BCUT2D eigenvalue weighted by atomic mass is 16.6. The van der Waals surface area contributed by atoms with E-state index >= 15 is 0 Å². The Hall–Kier alpha value is -2.62. The number of nitrogens with zero attached hydrogens (tertiary/aromatic N) is 2. The lowest BCUT2D eigenvalue weighted by atomic mass is 9.83. The fraction of sp³-hybridized carbons (Fsp3) is 0.364. The van der Waals surface area contributed by atoms with Gasteiger partial charge in [0.2, 0.25) is 0 Å². The van der Waals surface area contributed by atoms with E-state index < -0.39 is 0 Å². The van der Waals surface area contributed by atoms with Crippen molar-refractivity contribution in [3.63, 3.8) is 0 Å². The lowest BCUT2D eigenvalue weighted by Crippen LogP contribution is -2.46. The van der Waals surface area contributed by atoms with Gasteiger partial charge in [-0.3, -0.25) is 10.1 Å². The first kappa shape index (κ1) is 18.2. The Morgan fingerprint density at radius 3 is 2.38 bits per heavy atom. The van der Waals surface area contributed by atoms with Crippen LogP contribution in [0, 0.1) is 17.0 Å². The molecule has 0 fully saturated rings. The van der Waals surface area contributed by atoms with E-state index in [1.165, 1.54) is 22.4 Å². The van der Waals surface area contributed by atoms with Gasteiger partial charge in [-0.1, -0.05) is 43.7 Å². The molecule has 26 heavy (non-hydrogen) atoms. The average molecular weight is 350 g/mol. The van der Waals surface area contributed by atoms with Crippen molar-refractivity contribution in [3.05, 3.63) is 75.3 Å². The summed E-state index contributed by atoms with van der Waals surface area (Å²) in [6.45, 7) is 9.55. The summed E-state index contributed by atoms with van der Waals surface area (Å²) >= 11 is 0. The molecule has 1 aliphatic heterocycles. The van der Waals surface area contributed by atoms with Gasteiger partial charge in [-0.2, -0.15) is 0 Å². The lowest BCUT2D eigenvalue weighted by molar-refractivity contribution is -0.384. The number of benzene rings is 2. The summed E-state index contributed by atoms with van der Waals surface area (Å²) in [6, 6.07) is 13.5. The largest absolute Gasteiger partial charge is 0.358 e. The highest BCUT2D eigenvalue weighted by molar-refractivity contribution is 5.82. The van der Waals surface area contributed by atoms with Gasteiger partial charge in [0.25, 0.3) is 5.69 Å². The molecule has 0 aromatic heterocycles. The third kappa shape index (κ3) is 3.24. The van der Waals surface area contributed by atoms with Crippen LogP contribution in [0.5, 0.6) is 0 Å². The highest BCUT2D eigenvalue weighted by Crippen LogP contribution is 2.43. The summed E-state index contributed by atoms with van der Waals surface area (Å²) in [5.41, 5.74) is 6.35. The summed E-state index contributed by atoms with van der Waals surface area (Å²) in [4.78, 5) is 13.0. The van der Waals surface area contributed by atoms with Crippen molar-refractivity contribution in [2.75, 3.05) is 4.90 Å². The number of hydrogen-bond donors (Lipinski definition) is 0. The van der Waals surface area contributed by atoms with Crippen LogP contribution >= 0.6 is 0 Å². The van der Waals surface area contributed by atoms with Crippen LogP contribution in [0.2, 0.25) is 0 Å². The molecule has 4 heteroatoms. The van der Waals surface area contributed by atoms with Gasteiger partial charge in [0.05, 0.1) is 10.5 Å². The van der Waals surface area contributed by atoms with E-state index in [2.05, 4.69) is 56.9 Å². The van der Waals surface area contributed by atoms with Crippen LogP contribution in [-0.4, -0.2) is 10.5 Å². The van der Waals surface area contributed by atoms with Crippen LogP contribution < -0.4 is 4.90 Å². The summed E-state index contributed by atoms with van der Waals surface area (Å²) in [6.07, 6.45) is 4.41. The zero-order valence-electron chi connectivity index (χ0n) is 16.0. The van der Waals surface area contributed by atoms with Crippen molar-refractivity contribution >= 4 is 16.9 Å². The lowest BCUT2D eigenvalue weighted by Gasteiger charge is -2.45. The molecule has 0 spiro atoms. The van der Waals surface area contributed by atoms with Crippen molar-refractivity contribution in [1.29, 1.82) is 0 Å². The van der Waals surface area contributed by atoms with Gasteiger partial charge in [-0.25, -0.2) is 0 Å². The van der Waals surface area contributed by atoms with E-state index in [-0.39, 0.29) is 16.1 Å². The van der Waals surface area contributed by atoms with Crippen LogP contribution in [-0.2, 0) is 6.54 Å². The number of fused-ring (bicyclic) bond motifs is 1. The summed E-state index contributed by atoms with van der Waals surface area (Å²) in [7, 11) is 0. The topological polar surface area (TPSA) is 46.4 Å². The third-order valence-corrected chi connectivity index (χ3v) is 5.48. The molecule has 1 heterocycles. The smallest absolute Gasteiger partial charge is 0.269 e. The van der Waals surface area contributed by atoms with E-state index in [9.17, 15) is 10.1 Å². The maximum atomic E-state index is 10.9. The molecule has 1 aliphatic rings. The minimum absolute atomic E-state index is 0.0740. The van der Waals surface area contributed by atoms with Gasteiger partial charge in [0.1, 0.15) is 0 Å². The SMILES string of the molecule is CCC1=C[C@](C)(CC)N(Cc2ccc([N+](=O)[O-])cc2)c2ccc(C)cc21. The Morgan fingerprint density at radius 1 is 1.12 bits per heavy atom. The van der Waals surface area contributed by atoms with Crippen LogP contribution in [0.25, 0.3) is 5.57 Å². The number of nitro groups is 1. The number of anilines is 1. The molecule has 4 nitrogen and oxygen atoms in total. The predicted molar refractivity (Wildman–Crippen MR) is 107 cm³/mol. The van der Waals surface area contributed by atoms with Crippen molar-refractivity contribution in [2.24, 2.45) is 0 Å². The molecular formula is C22H26N2O2. The maximum Gasteiger partial charge on any atom is 0.269 e. The van der Waals surface area contributed by atoms with Crippen LogP contribution in [0.1, 0.15) is 50.3 Å². The Morgan fingerprint density at radius 2 is 1.81 bits per heavy atom. The van der Waals surface area contributed by atoms with E-state index in [4.69, 9.17) is 0 Å². The minimum atomic E-state index is -0.352. The van der Waals surface area contributed by atoms with E-state index in [0.29, 0.717) is 0 Å². The van der Waals surface area contributed by atoms with Crippen molar-refractivity contribution < 1.29 is 4.92 Å². The van der Waals surface area contributed by atoms with Crippen molar-refractivity contribution in [2.45, 2.75) is 52.6 Å². The summed E-state index contributed by atoms with van der Waals surface area (Å²) in [5.74, 6) is 0. The second-order valence-electron chi connectivity index (χ2n) is 7.26. The fourth-order valence-corrected chi connectivity index (χ4v) is 3.71. The van der Waals surface area contributed by atoms with Gasteiger partial charge >= 0.3 is 0 Å². The monoisotopic (exact) mass is 350 g/mol. The first-order valence-corrected chi connectivity index (χ1v) is 9.21. The molecule has 1 atom stereocenters. The number of nitro benzene ring substituents is 1. The molecule has 0 aliphatic carbocycles. The molecule has 0 N–H and O–H groups in total. The van der Waals surface area contributed by atoms with Crippen molar-refractivity contribution in [3.8, 4) is 0 Å². The van der Waals surface area contributed by atoms with Crippen LogP contribution in [0.3, 0.4) is 0 Å². The van der Waals surface area contributed by atoms with Crippen LogP contribution in [0.4, 0.5) is 11.4 Å². The average Bonchev–Trinajstić information content (AvgIpc) is 2.64. The molecule has 2 aromatic rings. The van der Waals surface area contributed by atoms with E-state index in [1.54, 1.807) is 12.1 Å². The maximum absolute atomic E-state index is 10.9. The molecule has 0 saturated carbocycles. The highest BCUT2D eigenvalue weighted by Gasteiger charge is 2.34. The van der Waals surface area contributed by atoms with Gasteiger partial charge in [0, 0.05) is 29.9 Å². The third-order valence-electron chi connectivity index (χ3n) is 5.48. The normalized spacial score (nSPS) is 19.1. The molecular weight excluding hydrogens is 324 g/mol. The number of allylic oxidation sites excluding steroid dienone is 1. The number of non-ortho nitro benzene ring substituents is 1. The molecule has 2 aromatic carbocycles. The van der Waals surface area contributed by atoms with Gasteiger partial charge in [-0.15, -0.1) is 0 Å². The molecule has 0 amide bonds. The number of rotatable bonds is 5. The molecule has 0 bridgehead atoms. The second-order valence-corrected chi connectivity index (χ2v) is 7.26. The zero-order valence-corrected chi connectivity index (χ0v) is 16.0. The van der Waals surface area contributed by atoms with Crippen LogP contribution in [0.15, 0.2) is 48.5 Å². The van der Waals surface area contributed by atoms with Gasteiger partial charge < -0.3 is 4.90 Å². The van der Waals surface area contributed by atoms with E-state index in [1.807, 2.05) is 12.1 Å². The molecule has 0 unspecified atom stereocenters. The molecule has 0 radical (unpaired) electrons. The van der Waals surface area contributed by atoms with Gasteiger partial charge in [-0.05, 0) is 50.0 Å². The summed E-state index contributed by atoms with van der Waals surface area (Å²) in [5, 5.41) is 10.9. The Kier molecular flexibility index (Phi) is 4.86. The Bertz CT molecular complexity index is 855. The Balaban J connectivity index is 2.04. The predicted octanol–water partition coefficient (Wildman–Crippen LogP) is 5.89. The molecule has 136 valence electrons. The fourth-order valence-electron chi connectivity index (χ4n) is 3.71. The van der Waals surface area contributed by atoms with Gasteiger partial charge in [0.15, 0.2) is 0 Å². The molecule has 3 rings (SSSR count). The minimum Gasteiger partial charge on any atom is -0.358 e. The first-order valence-electron chi connectivity index (χ1n) is 9.21. The first-order chi connectivity index (χ1) is 12.4. The second kappa shape index (κ2) is 6.94. The number of hydrogen-bond acceptors (Lipinski definition) is 3. The zero-order chi connectivity index (χ0) is 18.9. The molecule has 0 saturated heterocycles. The van der Waals surface area contributed by atoms with E-state index in [0.717, 1.165) is 24.9 Å². The van der Waals surface area contributed by atoms with Crippen molar-refractivity contribution in [1.82, 2.24) is 0 Å². The Labute approximate surface area is 155 Å². The quantitative estimate of drug-likeness (QED) is 0.499. The standard InChI is InChI=1S/C22H26N2O2/c1-5-18-14-22(4,6-2)23(21-12-7-16(3)13-20(18)21)15-17-8-10-19(11-9-17)24(25)26/h7-14H,5-6,15H2,1-4H3/t22-/m0/s1. The number of aryl methyl sites for hydroxylation is 1. The summed E-state index contributed by atoms with van der Waals surface area (Å²) < 4.78 is 0.